The normalized spacial score (nSPS) is 19.3. The highest BCUT2D eigenvalue weighted by atomic mass is 16.5. The molecule has 1 aromatic heterocycles. The summed E-state index contributed by atoms with van der Waals surface area (Å²) >= 11 is 0. The van der Waals surface area contributed by atoms with Crippen LogP contribution >= 0.6 is 0 Å². The topological polar surface area (TPSA) is 67.8 Å². The van der Waals surface area contributed by atoms with E-state index in [1.165, 1.54) is 0 Å². The fourth-order valence-corrected chi connectivity index (χ4v) is 4.11. The number of amides is 1. The van der Waals surface area contributed by atoms with Crippen molar-refractivity contribution in [2.75, 3.05) is 51.4 Å². The van der Waals surface area contributed by atoms with E-state index in [2.05, 4.69) is 27.0 Å². The third kappa shape index (κ3) is 3.54. The van der Waals surface area contributed by atoms with Gasteiger partial charge in [-0.25, -0.2) is 4.98 Å². The van der Waals surface area contributed by atoms with E-state index >= 15 is 0 Å². The van der Waals surface area contributed by atoms with E-state index in [9.17, 15) is 4.79 Å². The molecule has 0 aliphatic carbocycles. The van der Waals surface area contributed by atoms with E-state index in [-0.39, 0.29) is 5.91 Å². The molecule has 0 N–H and O–H groups in total. The molecule has 2 aliphatic rings. The highest BCUT2D eigenvalue weighted by Gasteiger charge is 2.44. The van der Waals surface area contributed by atoms with Gasteiger partial charge in [-0.3, -0.25) is 4.79 Å². The summed E-state index contributed by atoms with van der Waals surface area (Å²) in [5.74, 6) is 1.41. The molecule has 28 heavy (non-hydrogen) atoms. The van der Waals surface area contributed by atoms with Crippen molar-refractivity contribution in [1.82, 2.24) is 14.9 Å². The number of aromatic nitrogens is 2. The molecule has 0 saturated carbocycles. The summed E-state index contributed by atoms with van der Waals surface area (Å²) in [5, 5.41) is 0. The number of benzene rings is 1. The Morgan fingerprint density at radius 2 is 1.79 bits per heavy atom. The Morgan fingerprint density at radius 3 is 2.46 bits per heavy atom. The van der Waals surface area contributed by atoms with Gasteiger partial charge < -0.3 is 19.3 Å². The number of anilines is 1. The van der Waals surface area contributed by atoms with Gasteiger partial charge in [-0.2, -0.15) is 4.98 Å². The van der Waals surface area contributed by atoms with Crippen LogP contribution in [-0.4, -0.2) is 67.3 Å². The summed E-state index contributed by atoms with van der Waals surface area (Å²) < 4.78 is 10.8. The van der Waals surface area contributed by atoms with E-state index in [0.717, 1.165) is 18.4 Å². The zero-order valence-corrected chi connectivity index (χ0v) is 16.2. The van der Waals surface area contributed by atoms with Crippen molar-refractivity contribution in [1.29, 1.82) is 0 Å². The van der Waals surface area contributed by atoms with Crippen molar-refractivity contribution in [2.45, 2.75) is 18.3 Å². The number of methoxy groups -OCH3 is 1. The number of hydrogen-bond donors (Lipinski definition) is 0. The average Bonchev–Trinajstić information content (AvgIpc) is 2.80. The van der Waals surface area contributed by atoms with Crippen molar-refractivity contribution in [3.05, 3.63) is 48.2 Å². The molecule has 7 heteroatoms. The minimum atomic E-state index is -0.478. The van der Waals surface area contributed by atoms with Gasteiger partial charge in [-0.15, -0.1) is 0 Å². The molecule has 3 heterocycles. The largest absolute Gasteiger partial charge is 0.481 e. The minimum Gasteiger partial charge on any atom is -0.481 e. The lowest BCUT2D eigenvalue weighted by molar-refractivity contribution is -0.141. The van der Waals surface area contributed by atoms with Gasteiger partial charge >= 0.3 is 0 Å². The zero-order valence-electron chi connectivity index (χ0n) is 16.2. The predicted molar refractivity (Wildman–Crippen MR) is 106 cm³/mol. The van der Waals surface area contributed by atoms with E-state index < -0.39 is 5.41 Å². The fourth-order valence-electron chi connectivity index (χ4n) is 4.11. The van der Waals surface area contributed by atoms with Gasteiger partial charge in [0.15, 0.2) is 0 Å². The molecule has 1 amide bonds. The van der Waals surface area contributed by atoms with Crippen molar-refractivity contribution in [3.63, 3.8) is 0 Å². The van der Waals surface area contributed by atoms with Crippen LogP contribution in [0.3, 0.4) is 0 Å². The van der Waals surface area contributed by atoms with Crippen LogP contribution in [0.4, 0.5) is 5.95 Å². The molecule has 2 fully saturated rings. The highest BCUT2D eigenvalue weighted by Crippen LogP contribution is 2.37. The zero-order chi connectivity index (χ0) is 19.4. The van der Waals surface area contributed by atoms with Gasteiger partial charge in [-0.1, -0.05) is 30.3 Å². The molecule has 7 nitrogen and oxygen atoms in total. The first-order chi connectivity index (χ1) is 13.7. The van der Waals surface area contributed by atoms with E-state index in [0.29, 0.717) is 51.2 Å². The first kappa shape index (κ1) is 18.7. The maximum Gasteiger partial charge on any atom is 0.233 e. The molecular formula is C21H26N4O3. The van der Waals surface area contributed by atoms with E-state index in [4.69, 9.17) is 9.47 Å². The molecule has 2 aromatic rings. The Balaban J connectivity index is 1.49. The smallest absolute Gasteiger partial charge is 0.233 e. The third-order valence-corrected chi connectivity index (χ3v) is 5.76. The molecular weight excluding hydrogens is 356 g/mol. The Hall–Kier alpha value is -2.67. The monoisotopic (exact) mass is 382 g/mol. The summed E-state index contributed by atoms with van der Waals surface area (Å²) in [6, 6.07) is 11.9. The molecule has 0 spiro atoms. The number of carbonyl (C=O) groups is 1. The number of rotatable bonds is 4. The van der Waals surface area contributed by atoms with Crippen LogP contribution < -0.4 is 9.64 Å². The van der Waals surface area contributed by atoms with Gasteiger partial charge in [0.2, 0.25) is 17.7 Å². The second kappa shape index (κ2) is 8.14. The summed E-state index contributed by atoms with van der Waals surface area (Å²) in [6.07, 6.45) is 3.16. The van der Waals surface area contributed by atoms with Crippen LogP contribution in [-0.2, 0) is 14.9 Å². The molecule has 0 radical (unpaired) electrons. The minimum absolute atomic E-state index is 0.216. The molecule has 2 aliphatic heterocycles. The Labute approximate surface area is 165 Å². The second-order valence-corrected chi connectivity index (χ2v) is 7.24. The Morgan fingerprint density at radius 1 is 1.07 bits per heavy atom. The molecule has 0 unspecified atom stereocenters. The lowest BCUT2D eigenvalue weighted by Gasteiger charge is -2.43. The number of hydrogen-bond acceptors (Lipinski definition) is 6. The highest BCUT2D eigenvalue weighted by molar-refractivity contribution is 5.88. The van der Waals surface area contributed by atoms with E-state index in [1.807, 2.05) is 23.1 Å². The van der Waals surface area contributed by atoms with Crippen LogP contribution in [0.25, 0.3) is 0 Å². The van der Waals surface area contributed by atoms with Crippen LogP contribution in [0.15, 0.2) is 42.6 Å². The first-order valence-corrected chi connectivity index (χ1v) is 9.77. The van der Waals surface area contributed by atoms with Gasteiger partial charge in [0.1, 0.15) is 0 Å². The lowest BCUT2D eigenvalue weighted by Crippen LogP contribution is -2.56. The molecule has 148 valence electrons. The van der Waals surface area contributed by atoms with Gasteiger partial charge in [0.05, 0.1) is 12.5 Å². The number of nitrogens with zero attached hydrogens (tertiary/aromatic N) is 4. The van der Waals surface area contributed by atoms with Crippen LogP contribution in [0.2, 0.25) is 0 Å². The van der Waals surface area contributed by atoms with Crippen molar-refractivity contribution >= 4 is 11.9 Å². The first-order valence-electron chi connectivity index (χ1n) is 9.77. The maximum absolute atomic E-state index is 13.6. The lowest BCUT2D eigenvalue weighted by atomic mass is 9.73. The molecule has 4 rings (SSSR count). The summed E-state index contributed by atoms with van der Waals surface area (Å²) in [4.78, 5) is 26.5. The predicted octanol–water partition coefficient (Wildman–Crippen LogP) is 1.88. The van der Waals surface area contributed by atoms with Crippen LogP contribution in [0.1, 0.15) is 18.4 Å². The van der Waals surface area contributed by atoms with Crippen molar-refractivity contribution in [2.24, 2.45) is 0 Å². The molecule has 0 bridgehead atoms. The SMILES string of the molecule is COc1ccnc(N2CCN(C(=O)C3(c4ccccc4)CCOCC3)CC2)n1. The average molecular weight is 382 g/mol. The summed E-state index contributed by atoms with van der Waals surface area (Å²) in [5.41, 5.74) is 0.621. The van der Waals surface area contributed by atoms with Gasteiger partial charge in [-0.05, 0) is 18.4 Å². The Bertz CT molecular complexity index is 800. The fraction of sp³-hybridized carbons (Fsp3) is 0.476. The summed E-state index contributed by atoms with van der Waals surface area (Å²) in [6.45, 7) is 3.99. The van der Waals surface area contributed by atoms with E-state index in [1.54, 1.807) is 19.4 Å². The van der Waals surface area contributed by atoms with Crippen LogP contribution in [0, 0.1) is 0 Å². The second-order valence-electron chi connectivity index (χ2n) is 7.24. The number of ether oxygens (including phenoxy) is 2. The maximum atomic E-state index is 13.6. The molecule has 2 saturated heterocycles. The molecule has 1 aromatic carbocycles. The van der Waals surface area contributed by atoms with Crippen molar-refractivity contribution < 1.29 is 14.3 Å². The van der Waals surface area contributed by atoms with Gasteiger partial charge in [0.25, 0.3) is 0 Å². The Kier molecular flexibility index (Phi) is 5.43. The number of piperazine rings is 1. The molecule has 0 atom stereocenters. The standard InChI is InChI=1S/C21H26N4O3/c1-27-18-7-10-22-20(23-18)25-13-11-24(12-14-25)19(26)21(8-15-28-16-9-21)17-5-3-2-4-6-17/h2-7,10H,8-9,11-16H2,1H3. The third-order valence-electron chi connectivity index (χ3n) is 5.76. The van der Waals surface area contributed by atoms with Crippen LogP contribution in [0.5, 0.6) is 5.88 Å². The number of carbonyl (C=O) groups excluding carboxylic acids is 1. The van der Waals surface area contributed by atoms with Crippen molar-refractivity contribution in [3.8, 4) is 5.88 Å². The van der Waals surface area contributed by atoms with Gasteiger partial charge in [0, 0.05) is 51.7 Å². The quantitative estimate of drug-likeness (QED) is 0.804. The summed E-state index contributed by atoms with van der Waals surface area (Å²) in [7, 11) is 1.60.